The minimum atomic E-state index is -1.03. The number of halogens is 1. The number of rotatable bonds is 5. The number of carboxylic acid groups (broad SMARTS) is 1. The number of nitro benzene ring substituents is 1. The van der Waals surface area contributed by atoms with Crippen LogP contribution in [0.4, 0.5) is 5.69 Å². The topological polar surface area (TPSA) is 110 Å². The second-order valence-corrected chi connectivity index (χ2v) is 5.16. The molecular formula is C12H13BrN2O5. The third-order valence-electron chi connectivity index (χ3n) is 2.90. The summed E-state index contributed by atoms with van der Waals surface area (Å²) in [6.07, 6.45) is 0. The number of nitro groups is 1. The lowest BCUT2D eigenvalue weighted by Crippen LogP contribution is -2.40. The third kappa shape index (κ3) is 3.77. The summed E-state index contributed by atoms with van der Waals surface area (Å²) in [4.78, 5) is 32.9. The van der Waals surface area contributed by atoms with Gasteiger partial charge in [0, 0.05) is 22.6 Å². The highest BCUT2D eigenvalue weighted by Gasteiger charge is 2.23. The van der Waals surface area contributed by atoms with Crippen LogP contribution in [0, 0.1) is 16.0 Å². The lowest BCUT2D eigenvalue weighted by atomic mass is 10.0. The van der Waals surface area contributed by atoms with Gasteiger partial charge in [-0.05, 0) is 35.8 Å². The maximum atomic E-state index is 12.0. The lowest BCUT2D eigenvalue weighted by Gasteiger charge is -2.18. The van der Waals surface area contributed by atoms with Gasteiger partial charge in [0.15, 0.2) is 0 Å². The van der Waals surface area contributed by atoms with Crippen molar-refractivity contribution in [2.24, 2.45) is 5.92 Å². The van der Waals surface area contributed by atoms with Crippen molar-refractivity contribution >= 4 is 33.5 Å². The van der Waals surface area contributed by atoms with E-state index in [4.69, 9.17) is 5.11 Å². The molecule has 1 amide bonds. The molecule has 0 aliphatic carbocycles. The first kappa shape index (κ1) is 16.1. The molecule has 7 nitrogen and oxygen atoms in total. The summed E-state index contributed by atoms with van der Waals surface area (Å²) in [5.41, 5.74) is -0.124. The third-order valence-corrected chi connectivity index (χ3v) is 3.60. The van der Waals surface area contributed by atoms with Crippen molar-refractivity contribution < 1.29 is 19.6 Å². The van der Waals surface area contributed by atoms with E-state index >= 15 is 0 Å². The first-order valence-electron chi connectivity index (χ1n) is 5.71. The first-order chi connectivity index (χ1) is 9.23. The molecule has 108 valence electrons. The Kier molecular flexibility index (Phi) is 5.20. The van der Waals surface area contributed by atoms with E-state index < -0.39 is 28.8 Å². The van der Waals surface area contributed by atoms with Crippen molar-refractivity contribution in [3.8, 4) is 0 Å². The Bertz CT molecular complexity index is 561. The molecule has 1 rings (SSSR count). The minimum absolute atomic E-state index is 0.0867. The molecule has 1 aromatic rings. The van der Waals surface area contributed by atoms with Crippen LogP contribution in [0.1, 0.15) is 24.2 Å². The van der Waals surface area contributed by atoms with Crippen molar-refractivity contribution in [3.05, 3.63) is 38.3 Å². The number of hydrogen-bond donors (Lipinski definition) is 2. The molecule has 0 bridgehead atoms. The van der Waals surface area contributed by atoms with Gasteiger partial charge in [-0.2, -0.15) is 0 Å². The van der Waals surface area contributed by atoms with E-state index in [2.05, 4.69) is 21.2 Å². The second kappa shape index (κ2) is 6.47. The SMILES string of the molecule is CC(NC(=O)c1cc([N+](=O)[O-])ccc1Br)C(C)C(=O)O. The number of nitrogens with zero attached hydrogens (tertiary/aromatic N) is 1. The molecule has 20 heavy (non-hydrogen) atoms. The van der Waals surface area contributed by atoms with Gasteiger partial charge in [0.2, 0.25) is 0 Å². The van der Waals surface area contributed by atoms with Crippen LogP contribution in [0.5, 0.6) is 0 Å². The van der Waals surface area contributed by atoms with Crippen LogP contribution in [0.3, 0.4) is 0 Å². The predicted molar refractivity (Wildman–Crippen MR) is 74.5 cm³/mol. The summed E-state index contributed by atoms with van der Waals surface area (Å²) in [5, 5.41) is 22.1. The van der Waals surface area contributed by atoms with Gasteiger partial charge >= 0.3 is 5.97 Å². The normalized spacial score (nSPS) is 13.3. The molecule has 0 aliphatic heterocycles. The van der Waals surface area contributed by atoms with Crippen LogP contribution in [-0.2, 0) is 4.79 Å². The van der Waals surface area contributed by atoms with Crippen LogP contribution in [0.2, 0.25) is 0 Å². The van der Waals surface area contributed by atoms with Crippen LogP contribution in [0.15, 0.2) is 22.7 Å². The molecule has 0 heterocycles. The standard InChI is InChI=1S/C12H13BrN2O5/c1-6(12(17)18)7(2)14-11(16)9-5-8(15(19)20)3-4-10(9)13/h3-7H,1-2H3,(H,14,16)(H,17,18). The number of aliphatic carboxylic acids is 1. The van der Waals surface area contributed by atoms with Gasteiger partial charge in [-0.15, -0.1) is 0 Å². The second-order valence-electron chi connectivity index (χ2n) is 4.31. The highest BCUT2D eigenvalue weighted by molar-refractivity contribution is 9.10. The van der Waals surface area contributed by atoms with Gasteiger partial charge in [-0.25, -0.2) is 0 Å². The van der Waals surface area contributed by atoms with Crippen LogP contribution in [0.25, 0.3) is 0 Å². The van der Waals surface area contributed by atoms with Gasteiger partial charge in [0.05, 0.1) is 16.4 Å². The maximum absolute atomic E-state index is 12.0. The van der Waals surface area contributed by atoms with Crippen molar-refractivity contribution in [1.82, 2.24) is 5.32 Å². The first-order valence-corrected chi connectivity index (χ1v) is 6.51. The number of carbonyl (C=O) groups excluding carboxylic acids is 1. The molecule has 0 spiro atoms. The number of amides is 1. The van der Waals surface area contributed by atoms with Crippen molar-refractivity contribution in [3.63, 3.8) is 0 Å². The number of non-ortho nitro benzene ring substituents is 1. The van der Waals surface area contributed by atoms with Crippen LogP contribution >= 0.6 is 15.9 Å². The highest BCUT2D eigenvalue weighted by Crippen LogP contribution is 2.22. The molecule has 0 saturated heterocycles. The molecule has 1 aromatic carbocycles. The molecule has 0 aliphatic rings. The van der Waals surface area contributed by atoms with Gasteiger partial charge in [-0.3, -0.25) is 19.7 Å². The van der Waals surface area contributed by atoms with Crippen molar-refractivity contribution in [2.75, 3.05) is 0 Å². The molecule has 0 fully saturated rings. The zero-order valence-electron chi connectivity index (χ0n) is 10.8. The van der Waals surface area contributed by atoms with Gasteiger partial charge in [0.1, 0.15) is 0 Å². The average Bonchev–Trinajstić information content (AvgIpc) is 2.37. The lowest BCUT2D eigenvalue weighted by molar-refractivity contribution is -0.384. The Morgan fingerprint density at radius 3 is 2.50 bits per heavy atom. The average molecular weight is 345 g/mol. The van der Waals surface area contributed by atoms with E-state index in [0.717, 1.165) is 6.07 Å². The molecule has 2 unspecified atom stereocenters. The number of benzene rings is 1. The molecule has 0 radical (unpaired) electrons. The molecular weight excluding hydrogens is 332 g/mol. The van der Waals surface area contributed by atoms with Crippen molar-refractivity contribution in [1.29, 1.82) is 0 Å². The summed E-state index contributed by atoms with van der Waals surface area (Å²) in [6, 6.07) is 3.20. The quantitative estimate of drug-likeness (QED) is 0.628. The Morgan fingerprint density at radius 1 is 1.40 bits per heavy atom. The maximum Gasteiger partial charge on any atom is 0.308 e. The summed E-state index contributed by atoms with van der Waals surface area (Å²) in [7, 11) is 0. The van der Waals surface area contributed by atoms with E-state index in [1.807, 2.05) is 0 Å². The number of carboxylic acids is 1. The number of nitrogens with one attached hydrogen (secondary N) is 1. The fourth-order valence-corrected chi connectivity index (χ4v) is 1.85. The molecule has 0 aromatic heterocycles. The zero-order valence-corrected chi connectivity index (χ0v) is 12.4. The fourth-order valence-electron chi connectivity index (χ4n) is 1.42. The fraction of sp³-hybridized carbons (Fsp3) is 0.333. The summed E-state index contributed by atoms with van der Waals surface area (Å²) >= 11 is 3.14. The Balaban J connectivity index is 2.95. The van der Waals surface area contributed by atoms with E-state index in [-0.39, 0.29) is 11.3 Å². The number of hydrogen-bond acceptors (Lipinski definition) is 4. The highest BCUT2D eigenvalue weighted by atomic mass is 79.9. The molecule has 0 saturated carbocycles. The summed E-state index contributed by atoms with van der Waals surface area (Å²) in [6.45, 7) is 3.03. The zero-order chi connectivity index (χ0) is 15.4. The predicted octanol–water partition coefficient (Wildman–Crippen LogP) is 2.20. The van der Waals surface area contributed by atoms with Crippen molar-refractivity contribution in [2.45, 2.75) is 19.9 Å². The van der Waals surface area contributed by atoms with E-state index in [0.29, 0.717) is 4.47 Å². The number of carbonyl (C=O) groups is 2. The smallest absolute Gasteiger partial charge is 0.308 e. The van der Waals surface area contributed by atoms with E-state index in [1.165, 1.54) is 19.1 Å². The molecule has 2 atom stereocenters. The minimum Gasteiger partial charge on any atom is -0.481 e. The van der Waals surface area contributed by atoms with Gasteiger partial charge < -0.3 is 10.4 Å². The van der Waals surface area contributed by atoms with Gasteiger partial charge in [0.25, 0.3) is 11.6 Å². The largest absolute Gasteiger partial charge is 0.481 e. The van der Waals surface area contributed by atoms with Crippen LogP contribution in [-0.4, -0.2) is 27.9 Å². The Labute approximate surface area is 123 Å². The summed E-state index contributed by atoms with van der Waals surface area (Å²) in [5.74, 6) is -2.37. The Hall–Kier alpha value is -1.96. The van der Waals surface area contributed by atoms with Gasteiger partial charge in [-0.1, -0.05) is 0 Å². The summed E-state index contributed by atoms with van der Waals surface area (Å²) < 4.78 is 0.399. The molecule has 8 heteroatoms. The molecule has 2 N–H and O–H groups in total. The Morgan fingerprint density at radius 2 is 2.00 bits per heavy atom. The monoisotopic (exact) mass is 344 g/mol. The van der Waals surface area contributed by atoms with E-state index in [1.54, 1.807) is 6.92 Å². The van der Waals surface area contributed by atoms with E-state index in [9.17, 15) is 19.7 Å². The van der Waals surface area contributed by atoms with Crippen LogP contribution < -0.4 is 5.32 Å².